The van der Waals surface area contributed by atoms with Gasteiger partial charge in [-0.15, -0.1) is 0 Å². The smallest absolute Gasteiger partial charge is 0.404 e. The van der Waals surface area contributed by atoms with Gasteiger partial charge in [-0.05, 0) is 38.1 Å². The monoisotopic (exact) mass is 363 g/mol. The minimum absolute atomic E-state index is 0.310. The third-order valence-corrected chi connectivity index (χ3v) is 4.72. The molecule has 0 spiro atoms. The van der Waals surface area contributed by atoms with Gasteiger partial charge in [-0.25, -0.2) is 9.59 Å². The van der Waals surface area contributed by atoms with Gasteiger partial charge in [0.25, 0.3) is 0 Å². The predicted octanol–water partition coefficient (Wildman–Crippen LogP) is 1.77. The van der Waals surface area contributed by atoms with Crippen LogP contribution in [-0.2, 0) is 9.47 Å². The third kappa shape index (κ3) is 3.51. The van der Waals surface area contributed by atoms with Crippen molar-refractivity contribution in [1.82, 2.24) is 0 Å². The van der Waals surface area contributed by atoms with Crippen molar-refractivity contribution in [3.05, 3.63) is 40.8 Å². The van der Waals surface area contributed by atoms with Crippen molar-refractivity contribution in [2.75, 3.05) is 0 Å². The van der Waals surface area contributed by atoms with E-state index in [-0.39, 0.29) is 5.92 Å². The maximum absolute atomic E-state index is 11.3. The van der Waals surface area contributed by atoms with Gasteiger partial charge >= 0.3 is 11.7 Å². The van der Waals surface area contributed by atoms with E-state index in [1.54, 1.807) is 31.2 Å². The van der Waals surface area contributed by atoms with Crippen LogP contribution < -0.4 is 16.1 Å². The lowest BCUT2D eigenvalue weighted by molar-refractivity contribution is -0.283. The highest BCUT2D eigenvalue weighted by Crippen LogP contribution is 2.37. The molecule has 4 atom stereocenters. The van der Waals surface area contributed by atoms with Gasteiger partial charge in [-0.2, -0.15) is 0 Å². The summed E-state index contributed by atoms with van der Waals surface area (Å²) in [7, 11) is 0. The highest BCUT2D eigenvalue weighted by atomic mass is 16.7. The van der Waals surface area contributed by atoms with Gasteiger partial charge in [0, 0.05) is 17.4 Å². The average molecular weight is 363 g/mol. The molecule has 0 radical (unpaired) electrons. The minimum Gasteiger partial charge on any atom is -0.462 e. The molecule has 2 aromatic rings. The standard InChI is InChI=1S/C18H21NO7/c1-9-15(25-17(19)22)14(21)16(26-18(9,2)3)23-11-5-6-12-10(8-11)4-7-13(20)24-12/h4-9,14-16,21H,1-3H3,(H2,19,22)/t9-,14+,15-,16?/m1/s1. The van der Waals surface area contributed by atoms with Crippen LogP contribution in [0, 0.1) is 5.92 Å². The second kappa shape index (κ2) is 6.62. The predicted molar refractivity (Wildman–Crippen MR) is 91.7 cm³/mol. The van der Waals surface area contributed by atoms with Crippen LogP contribution in [0.4, 0.5) is 4.79 Å². The fourth-order valence-corrected chi connectivity index (χ4v) is 2.98. The molecule has 1 aliphatic rings. The zero-order chi connectivity index (χ0) is 19.1. The lowest BCUT2D eigenvalue weighted by Crippen LogP contribution is -2.60. The Labute approximate surface area is 149 Å². The molecule has 26 heavy (non-hydrogen) atoms. The number of benzene rings is 1. The summed E-state index contributed by atoms with van der Waals surface area (Å²) >= 11 is 0. The van der Waals surface area contributed by atoms with Crippen molar-refractivity contribution in [2.24, 2.45) is 11.7 Å². The number of aliphatic hydroxyl groups excluding tert-OH is 1. The van der Waals surface area contributed by atoms with Crippen LogP contribution in [0.3, 0.4) is 0 Å². The molecular formula is C18H21NO7. The molecule has 8 heteroatoms. The number of carbonyl (C=O) groups is 1. The molecule has 1 fully saturated rings. The third-order valence-electron chi connectivity index (χ3n) is 4.72. The number of hydrogen-bond donors (Lipinski definition) is 2. The van der Waals surface area contributed by atoms with E-state index in [0.29, 0.717) is 16.7 Å². The maximum Gasteiger partial charge on any atom is 0.404 e. The number of hydrogen-bond acceptors (Lipinski definition) is 7. The topological polar surface area (TPSA) is 121 Å². The van der Waals surface area contributed by atoms with Crippen molar-refractivity contribution in [1.29, 1.82) is 0 Å². The van der Waals surface area contributed by atoms with Crippen molar-refractivity contribution in [2.45, 2.75) is 44.9 Å². The fourth-order valence-electron chi connectivity index (χ4n) is 2.98. The zero-order valence-corrected chi connectivity index (χ0v) is 14.7. The first-order chi connectivity index (χ1) is 12.2. The van der Waals surface area contributed by atoms with E-state index in [2.05, 4.69) is 0 Å². The Morgan fingerprint density at radius 3 is 2.69 bits per heavy atom. The zero-order valence-electron chi connectivity index (χ0n) is 14.7. The highest BCUT2D eigenvalue weighted by molar-refractivity contribution is 5.77. The molecule has 0 bridgehead atoms. The first kappa shape index (κ1) is 18.2. The number of amides is 1. The summed E-state index contributed by atoms with van der Waals surface area (Å²) < 4.78 is 21.8. The van der Waals surface area contributed by atoms with E-state index < -0.39 is 35.8 Å². The summed E-state index contributed by atoms with van der Waals surface area (Å²) in [6, 6.07) is 7.75. The van der Waals surface area contributed by atoms with Crippen molar-refractivity contribution >= 4 is 17.1 Å². The number of carbonyl (C=O) groups excluding carboxylic acids is 1. The van der Waals surface area contributed by atoms with Crippen LogP contribution >= 0.6 is 0 Å². The van der Waals surface area contributed by atoms with E-state index in [4.69, 9.17) is 24.4 Å². The van der Waals surface area contributed by atoms with Crippen LogP contribution in [0.15, 0.2) is 39.5 Å². The quantitative estimate of drug-likeness (QED) is 0.797. The molecule has 0 saturated carbocycles. The number of aliphatic hydroxyl groups is 1. The van der Waals surface area contributed by atoms with E-state index in [9.17, 15) is 14.7 Å². The number of fused-ring (bicyclic) bond motifs is 1. The summed E-state index contributed by atoms with van der Waals surface area (Å²) in [6.45, 7) is 5.42. The summed E-state index contributed by atoms with van der Waals surface area (Å²) in [5.74, 6) is 0.0919. The van der Waals surface area contributed by atoms with Crippen molar-refractivity contribution in [3.63, 3.8) is 0 Å². The second-order valence-electron chi connectivity index (χ2n) is 6.84. The van der Waals surface area contributed by atoms with Crippen LogP contribution in [0.1, 0.15) is 20.8 Å². The molecule has 1 aromatic carbocycles. The summed E-state index contributed by atoms with van der Waals surface area (Å²) in [6.07, 6.45) is -4.15. The van der Waals surface area contributed by atoms with E-state index >= 15 is 0 Å². The summed E-state index contributed by atoms with van der Waals surface area (Å²) in [5.41, 5.74) is 4.36. The van der Waals surface area contributed by atoms with Crippen LogP contribution in [0.2, 0.25) is 0 Å². The lowest BCUT2D eigenvalue weighted by Gasteiger charge is -2.47. The molecule has 8 nitrogen and oxygen atoms in total. The molecule has 3 N–H and O–H groups in total. The van der Waals surface area contributed by atoms with Crippen molar-refractivity contribution < 1.29 is 28.5 Å². The fraction of sp³-hybridized carbons (Fsp3) is 0.444. The average Bonchev–Trinajstić information content (AvgIpc) is 2.56. The Balaban J connectivity index is 1.86. The van der Waals surface area contributed by atoms with E-state index in [1.807, 2.05) is 13.8 Å². The number of primary amides is 1. The lowest BCUT2D eigenvalue weighted by atomic mass is 9.82. The molecule has 3 rings (SSSR count). The Kier molecular flexibility index (Phi) is 4.64. The van der Waals surface area contributed by atoms with Gasteiger partial charge < -0.3 is 29.5 Å². The Bertz CT molecular complexity index is 875. The molecule has 1 saturated heterocycles. The number of rotatable bonds is 3. The van der Waals surface area contributed by atoms with Crippen LogP contribution in [0.5, 0.6) is 5.75 Å². The summed E-state index contributed by atoms with van der Waals surface area (Å²) in [4.78, 5) is 22.4. The Morgan fingerprint density at radius 1 is 1.27 bits per heavy atom. The molecular weight excluding hydrogens is 342 g/mol. The Hall–Kier alpha value is -2.58. The summed E-state index contributed by atoms with van der Waals surface area (Å²) in [5, 5.41) is 11.2. The number of nitrogens with two attached hydrogens (primary N) is 1. The Morgan fingerprint density at radius 2 is 2.00 bits per heavy atom. The van der Waals surface area contributed by atoms with Gasteiger partial charge in [0.05, 0.1) is 5.60 Å². The molecule has 2 heterocycles. The first-order valence-corrected chi connectivity index (χ1v) is 8.20. The largest absolute Gasteiger partial charge is 0.462 e. The number of ether oxygens (including phenoxy) is 3. The minimum atomic E-state index is -1.23. The van der Waals surface area contributed by atoms with Crippen molar-refractivity contribution in [3.8, 4) is 5.75 Å². The normalized spacial score (nSPS) is 27.8. The van der Waals surface area contributed by atoms with Gasteiger partial charge in [0.1, 0.15) is 17.4 Å². The molecule has 1 amide bonds. The second-order valence-corrected chi connectivity index (χ2v) is 6.84. The van der Waals surface area contributed by atoms with Crippen LogP contribution in [-0.4, -0.2) is 35.3 Å². The highest BCUT2D eigenvalue weighted by Gasteiger charge is 2.50. The first-order valence-electron chi connectivity index (χ1n) is 8.20. The van der Waals surface area contributed by atoms with Gasteiger partial charge in [-0.3, -0.25) is 0 Å². The SMILES string of the molecule is C[C@@H]1[C@@H](OC(N)=O)[C@H](O)C(Oc2ccc3oc(=O)ccc3c2)OC1(C)C. The maximum atomic E-state index is 11.3. The molecule has 0 aliphatic carbocycles. The molecule has 1 aromatic heterocycles. The molecule has 140 valence electrons. The van der Waals surface area contributed by atoms with Gasteiger partial charge in [-0.1, -0.05) is 6.92 Å². The molecule has 1 aliphatic heterocycles. The van der Waals surface area contributed by atoms with Gasteiger partial charge in [0.15, 0.2) is 6.10 Å². The van der Waals surface area contributed by atoms with E-state index in [0.717, 1.165) is 0 Å². The van der Waals surface area contributed by atoms with Crippen LogP contribution in [0.25, 0.3) is 11.0 Å². The van der Waals surface area contributed by atoms with Gasteiger partial charge in [0.2, 0.25) is 6.29 Å². The van der Waals surface area contributed by atoms with E-state index in [1.165, 1.54) is 6.07 Å². The molecule has 1 unspecified atom stereocenters.